The molecule has 2 nitrogen and oxygen atoms in total. The smallest absolute Gasteiger partial charge is 0.134 e. The molecule has 100 valence electrons. The van der Waals surface area contributed by atoms with Crippen LogP contribution in [0, 0.1) is 5.82 Å². The summed E-state index contributed by atoms with van der Waals surface area (Å²) in [6, 6.07) is 4.46. The van der Waals surface area contributed by atoms with E-state index in [1.165, 1.54) is 6.07 Å². The molecule has 0 bridgehead atoms. The van der Waals surface area contributed by atoms with Crippen molar-refractivity contribution in [3.05, 3.63) is 39.8 Å². The fraction of sp³-hybridized carbons (Fsp3) is 0.308. The van der Waals surface area contributed by atoms with E-state index in [-0.39, 0.29) is 5.50 Å². The van der Waals surface area contributed by atoms with Gasteiger partial charge in [0.1, 0.15) is 17.0 Å². The molecule has 0 aliphatic carbocycles. The van der Waals surface area contributed by atoms with E-state index in [1.807, 2.05) is 0 Å². The largest absolute Gasteiger partial charge is 0.249 e. The zero-order valence-electron chi connectivity index (χ0n) is 9.84. The Hall–Kier alpha value is -0.770. The second-order valence-electron chi connectivity index (χ2n) is 4.50. The summed E-state index contributed by atoms with van der Waals surface area (Å²) in [5, 5.41) is 5.18. The molecular formula is C13H10Cl3FN2. The summed E-state index contributed by atoms with van der Waals surface area (Å²) in [4.78, 5) is 0. The van der Waals surface area contributed by atoms with Gasteiger partial charge in [-0.05, 0) is 37.5 Å². The van der Waals surface area contributed by atoms with E-state index in [0.29, 0.717) is 21.3 Å². The van der Waals surface area contributed by atoms with Crippen LogP contribution in [0.1, 0.15) is 24.0 Å². The number of alkyl halides is 1. The van der Waals surface area contributed by atoms with Gasteiger partial charge < -0.3 is 0 Å². The monoisotopic (exact) mass is 318 g/mol. The van der Waals surface area contributed by atoms with Crippen molar-refractivity contribution < 1.29 is 4.39 Å². The molecular weight excluding hydrogens is 310 g/mol. The Labute approximate surface area is 125 Å². The Kier molecular flexibility index (Phi) is 3.46. The van der Waals surface area contributed by atoms with E-state index in [4.69, 9.17) is 34.8 Å². The summed E-state index contributed by atoms with van der Waals surface area (Å²) in [7, 11) is 0. The third-order valence-electron chi connectivity index (χ3n) is 3.25. The lowest BCUT2D eigenvalue weighted by molar-refractivity contribution is 0.467. The third-order valence-corrected chi connectivity index (χ3v) is 4.29. The SMILES string of the molecule is Fc1cc(Cl)ccc1-c1nn2c(c1Cl)CCCC2Cl. The first kappa shape index (κ1) is 13.2. The van der Waals surface area contributed by atoms with Gasteiger partial charge in [-0.25, -0.2) is 9.07 Å². The number of rotatable bonds is 1. The van der Waals surface area contributed by atoms with Crippen LogP contribution in [0.2, 0.25) is 10.0 Å². The van der Waals surface area contributed by atoms with Crippen molar-refractivity contribution in [3.8, 4) is 11.3 Å². The Morgan fingerprint density at radius 1 is 1.32 bits per heavy atom. The molecule has 1 aliphatic rings. The number of halogens is 4. The van der Waals surface area contributed by atoms with Crippen LogP contribution in [0.15, 0.2) is 18.2 Å². The molecule has 1 aromatic carbocycles. The second-order valence-corrected chi connectivity index (χ2v) is 5.82. The highest BCUT2D eigenvalue weighted by Gasteiger charge is 2.26. The number of aromatic nitrogens is 2. The predicted octanol–water partition coefficient (Wildman–Crippen LogP) is 5.07. The molecule has 0 N–H and O–H groups in total. The highest BCUT2D eigenvalue weighted by atomic mass is 35.5. The van der Waals surface area contributed by atoms with E-state index >= 15 is 0 Å². The van der Waals surface area contributed by atoms with Gasteiger partial charge in [-0.3, -0.25) is 0 Å². The summed E-state index contributed by atoms with van der Waals surface area (Å²) in [6.45, 7) is 0. The lowest BCUT2D eigenvalue weighted by atomic mass is 10.1. The van der Waals surface area contributed by atoms with Gasteiger partial charge in [0, 0.05) is 10.6 Å². The first-order chi connectivity index (χ1) is 9.08. The maximum atomic E-state index is 14.0. The average molecular weight is 320 g/mol. The number of benzene rings is 1. The van der Waals surface area contributed by atoms with Gasteiger partial charge in [-0.2, -0.15) is 5.10 Å². The fourth-order valence-electron chi connectivity index (χ4n) is 2.32. The van der Waals surface area contributed by atoms with E-state index < -0.39 is 5.82 Å². The van der Waals surface area contributed by atoms with E-state index in [2.05, 4.69) is 5.10 Å². The van der Waals surface area contributed by atoms with E-state index in [1.54, 1.807) is 16.8 Å². The van der Waals surface area contributed by atoms with Crippen molar-refractivity contribution in [2.24, 2.45) is 0 Å². The number of fused-ring (bicyclic) bond motifs is 1. The standard InChI is InChI=1S/C13H10Cl3FN2/c14-7-4-5-8(9(17)6-7)13-12(16)10-2-1-3-11(15)19(10)18-13/h4-6,11H,1-3H2. The summed E-state index contributed by atoms with van der Waals surface area (Å²) in [5.41, 5.74) is 1.43. The van der Waals surface area contributed by atoms with Crippen LogP contribution in [0.4, 0.5) is 4.39 Å². The summed E-state index contributed by atoms with van der Waals surface area (Å²) in [5.74, 6) is -0.434. The van der Waals surface area contributed by atoms with Crippen molar-refractivity contribution in [2.75, 3.05) is 0 Å². The van der Waals surface area contributed by atoms with Crippen LogP contribution in [-0.2, 0) is 6.42 Å². The molecule has 6 heteroatoms. The lowest BCUT2D eigenvalue weighted by Gasteiger charge is -2.18. The molecule has 19 heavy (non-hydrogen) atoms. The summed E-state index contributed by atoms with van der Waals surface area (Å²) in [6.07, 6.45) is 2.61. The molecule has 3 rings (SSSR count). The van der Waals surface area contributed by atoms with Gasteiger partial charge in [0.25, 0.3) is 0 Å². The topological polar surface area (TPSA) is 17.8 Å². The number of hydrogen-bond acceptors (Lipinski definition) is 1. The van der Waals surface area contributed by atoms with Crippen LogP contribution in [0.5, 0.6) is 0 Å². The summed E-state index contributed by atoms with van der Waals surface area (Å²) >= 11 is 18.3. The zero-order valence-corrected chi connectivity index (χ0v) is 12.1. The Balaban J connectivity index is 2.16. The molecule has 1 atom stereocenters. The van der Waals surface area contributed by atoms with Gasteiger partial charge in [0.05, 0.1) is 10.7 Å². The summed E-state index contributed by atoms with van der Waals surface area (Å²) < 4.78 is 15.6. The minimum atomic E-state index is -0.434. The molecule has 1 aromatic heterocycles. The molecule has 0 saturated carbocycles. The molecule has 0 fully saturated rings. The van der Waals surface area contributed by atoms with Gasteiger partial charge in [-0.1, -0.05) is 34.8 Å². The van der Waals surface area contributed by atoms with Crippen molar-refractivity contribution in [2.45, 2.75) is 24.8 Å². The maximum absolute atomic E-state index is 14.0. The minimum Gasteiger partial charge on any atom is -0.249 e. The van der Waals surface area contributed by atoms with Gasteiger partial charge >= 0.3 is 0 Å². The molecule has 0 spiro atoms. The highest BCUT2D eigenvalue weighted by Crippen LogP contribution is 2.38. The zero-order chi connectivity index (χ0) is 13.6. The van der Waals surface area contributed by atoms with Gasteiger partial charge in [-0.15, -0.1) is 0 Å². The molecule has 2 aromatic rings. The normalized spacial score (nSPS) is 18.4. The Bertz CT molecular complexity index is 639. The molecule has 2 heterocycles. The highest BCUT2D eigenvalue weighted by molar-refractivity contribution is 6.34. The van der Waals surface area contributed by atoms with Crippen molar-refractivity contribution in [3.63, 3.8) is 0 Å². The van der Waals surface area contributed by atoms with E-state index in [9.17, 15) is 4.39 Å². The minimum absolute atomic E-state index is 0.217. The molecule has 0 amide bonds. The number of hydrogen-bond donors (Lipinski definition) is 0. The van der Waals surface area contributed by atoms with Gasteiger partial charge in [0.15, 0.2) is 0 Å². The Morgan fingerprint density at radius 2 is 2.11 bits per heavy atom. The fourth-order valence-corrected chi connectivity index (χ4v) is 3.11. The van der Waals surface area contributed by atoms with Crippen molar-refractivity contribution >= 4 is 34.8 Å². The predicted molar refractivity (Wildman–Crippen MR) is 75.5 cm³/mol. The van der Waals surface area contributed by atoms with Crippen LogP contribution in [0.3, 0.4) is 0 Å². The van der Waals surface area contributed by atoms with Crippen LogP contribution in [-0.4, -0.2) is 9.78 Å². The van der Waals surface area contributed by atoms with Gasteiger partial charge in [0.2, 0.25) is 0 Å². The first-order valence-electron chi connectivity index (χ1n) is 5.94. The van der Waals surface area contributed by atoms with Crippen LogP contribution >= 0.6 is 34.8 Å². The molecule has 0 saturated heterocycles. The van der Waals surface area contributed by atoms with Crippen LogP contribution < -0.4 is 0 Å². The molecule has 1 aliphatic heterocycles. The third kappa shape index (κ3) is 2.24. The second kappa shape index (κ2) is 4.97. The van der Waals surface area contributed by atoms with Crippen molar-refractivity contribution in [1.82, 2.24) is 9.78 Å². The van der Waals surface area contributed by atoms with E-state index in [0.717, 1.165) is 25.0 Å². The molecule has 1 unspecified atom stereocenters. The maximum Gasteiger partial charge on any atom is 0.134 e. The molecule has 0 radical (unpaired) electrons. The lowest BCUT2D eigenvalue weighted by Crippen LogP contribution is -2.14. The average Bonchev–Trinajstić information content (AvgIpc) is 2.69. The quantitative estimate of drug-likeness (QED) is 0.671. The number of nitrogens with zero attached hydrogens (tertiary/aromatic N) is 2. The first-order valence-corrected chi connectivity index (χ1v) is 7.13. The van der Waals surface area contributed by atoms with Crippen molar-refractivity contribution in [1.29, 1.82) is 0 Å². The van der Waals surface area contributed by atoms with Crippen LogP contribution in [0.25, 0.3) is 11.3 Å². The Morgan fingerprint density at radius 3 is 2.79 bits per heavy atom.